The van der Waals surface area contributed by atoms with E-state index in [0.29, 0.717) is 17.7 Å². The van der Waals surface area contributed by atoms with Crippen molar-refractivity contribution in [3.05, 3.63) is 64.5 Å². The molecule has 0 N–H and O–H groups in total. The molecule has 2 aromatic carbocycles. The Labute approximate surface area is 194 Å². The SMILES string of the molecule is COc1ccc(COC2CCC(c3ccc(C4CCC(OC)CC4)c(F)c3F)CC2)cc1F. The van der Waals surface area contributed by atoms with Gasteiger partial charge < -0.3 is 14.2 Å². The normalized spacial score (nSPS) is 25.7. The molecule has 0 amide bonds. The Hall–Kier alpha value is -2.05. The third-order valence-corrected chi connectivity index (χ3v) is 7.41. The minimum Gasteiger partial charge on any atom is -0.494 e. The van der Waals surface area contributed by atoms with Crippen LogP contribution in [0.25, 0.3) is 0 Å². The van der Waals surface area contributed by atoms with E-state index in [1.165, 1.54) is 13.2 Å². The Morgan fingerprint density at radius 2 is 1.27 bits per heavy atom. The first kappa shape index (κ1) is 24.1. The van der Waals surface area contributed by atoms with Crippen LogP contribution < -0.4 is 4.74 Å². The predicted molar refractivity (Wildman–Crippen MR) is 121 cm³/mol. The second-order valence-electron chi connectivity index (χ2n) is 9.33. The first-order valence-electron chi connectivity index (χ1n) is 11.9. The summed E-state index contributed by atoms with van der Waals surface area (Å²) in [6, 6.07) is 8.39. The first-order chi connectivity index (χ1) is 16.0. The van der Waals surface area contributed by atoms with Crippen LogP contribution in [0.3, 0.4) is 0 Å². The zero-order valence-electron chi connectivity index (χ0n) is 19.4. The number of ether oxygens (including phenoxy) is 3. The Kier molecular flexibility index (Phi) is 7.97. The standard InChI is InChI=1S/C27H33F3O3/c1-31-20-8-4-18(5-9-20)22-12-13-23(27(30)26(22)29)19-6-10-21(11-7-19)33-16-17-3-14-25(32-2)24(28)15-17/h3,12-15,18-21H,4-11,16H2,1-2H3. The minimum atomic E-state index is -0.681. The molecule has 0 saturated heterocycles. The molecule has 0 aromatic heterocycles. The van der Waals surface area contributed by atoms with Crippen molar-refractivity contribution in [1.29, 1.82) is 0 Å². The summed E-state index contributed by atoms with van der Waals surface area (Å²) < 4.78 is 60.2. The number of hydrogen-bond acceptors (Lipinski definition) is 3. The molecule has 2 saturated carbocycles. The van der Waals surface area contributed by atoms with Crippen LogP contribution in [0.2, 0.25) is 0 Å². The molecule has 2 fully saturated rings. The van der Waals surface area contributed by atoms with Crippen LogP contribution in [-0.2, 0) is 16.1 Å². The summed E-state index contributed by atoms with van der Waals surface area (Å²) in [5, 5.41) is 0. The number of hydrogen-bond donors (Lipinski definition) is 0. The van der Waals surface area contributed by atoms with Crippen LogP contribution >= 0.6 is 0 Å². The molecule has 0 atom stereocenters. The molecular formula is C27H33F3O3. The molecule has 33 heavy (non-hydrogen) atoms. The van der Waals surface area contributed by atoms with Gasteiger partial charge in [0.15, 0.2) is 23.2 Å². The summed E-state index contributed by atoms with van der Waals surface area (Å²) in [5.74, 6) is -1.49. The van der Waals surface area contributed by atoms with Crippen molar-refractivity contribution in [2.75, 3.05) is 14.2 Å². The lowest BCUT2D eigenvalue weighted by atomic mass is 9.79. The van der Waals surface area contributed by atoms with E-state index in [2.05, 4.69) is 0 Å². The average Bonchev–Trinajstić information content (AvgIpc) is 2.85. The highest BCUT2D eigenvalue weighted by atomic mass is 19.2. The molecule has 2 aliphatic carbocycles. The molecule has 6 heteroatoms. The highest BCUT2D eigenvalue weighted by Gasteiger charge is 2.30. The summed E-state index contributed by atoms with van der Waals surface area (Å²) in [6.07, 6.45) is 6.73. The zero-order valence-corrected chi connectivity index (χ0v) is 19.4. The Morgan fingerprint density at radius 3 is 1.76 bits per heavy atom. The van der Waals surface area contributed by atoms with E-state index in [0.717, 1.165) is 56.9 Å². The van der Waals surface area contributed by atoms with Gasteiger partial charge in [0.25, 0.3) is 0 Å². The Bertz CT molecular complexity index is 932. The minimum absolute atomic E-state index is 0.00365. The number of benzene rings is 2. The molecular weight excluding hydrogens is 429 g/mol. The number of halogens is 3. The van der Waals surface area contributed by atoms with Gasteiger partial charge in [0.2, 0.25) is 0 Å². The van der Waals surface area contributed by atoms with E-state index in [1.807, 2.05) is 0 Å². The van der Waals surface area contributed by atoms with Crippen molar-refractivity contribution in [1.82, 2.24) is 0 Å². The monoisotopic (exact) mass is 462 g/mol. The quantitative estimate of drug-likeness (QED) is 0.442. The molecule has 3 nitrogen and oxygen atoms in total. The fourth-order valence-corrected chi connectivity index (χ4v) is 5.37. The van der Waals surface area contributed by atoms with E-state index in [9.17, 15) is 8.78 Å². The molecule has 2 aromatic rings. The molecule has 0 radical (unpaired) electrons. The van der Waals surface area contributed by atoms with E-state index < -0.39 is 17.5 Å². The molecule has 0 unspecified atom stereocenters. The van der Waals surface area contributed by atoms with E-state index in [4.69, 9.17) is 14.2 Å². The highest BCUT2D eigenvalue weighted by Crippen LogP contribution is 2.40. The first-order valence-corrected chi connectivity index (χ1v) is 11.9. The summed E-state index contributed by atoms with van der Waals surface area (Å²) in [5.41, 5.74) is 1.74. The average molecular weight is 463 g/mol. The maximum atomic E-state index is 15.0. The van der Waals surface area contributed by atoms with Crippen molar-refractivity contribution < 1.29 is 27.4 Å². The van der Waals surface area contributed by atoms with Crippen LogP contribution in [0.5, 0.6) is 5.75 Å². The largest absolute Gasteiger partial charge is 0.494 e. The van der Waals surface area contributed by atoms with E-state index in [1.54, 1.807) is 31.4 Å². The summed E-state index contributed by atoms with van der Waals surface area (Å²) >= 11 is 0. The van der Waals surface area contributed by atoms with Gasteiger partial charge >= 0.3 is 0 Å². The molecule has 4 rings (SSSR count). The van der Waals surface area contributed by atoms with Gasteiger partial charge in [0, 0.05) is 7.11 Å². The number of rotatable bonds is 7. The van der Waals surface area contributed by atoms with Gasteiger partial charge in [-0.25, -0.2) is 13.2 Å². The van der Waals surface area contributed by atoms with Gasteiger partial charge in [-0.2, -0.15) is 0 Å². The van der Waals surface area contributed by atoms with E-state index in [-0.39, 0.29) is 29.8 Å². The van der Waals surface area contributed by atoms with Crippen LogP contribution in [0.1, 0.15) is 79.9 Å². The highest BCUT2D eigenvalue weighted by molar-refractivity contribution is 5.32. The predicted octanol–water partition coefficient (Wildman–Crippen LogP) is 7.03. The second kappa shape index (κ2) is 10.9. The van der Waals surface area contributed by atoms with Crippen LogP contribution in [-0.4, -0.2) is 26.4 Å². The third-order valence-electron chi connectivity index (χ3n) is 7.41. The summed E-state index contributed by atoms with van der Waals surface area (Å²) in [4.78, 5) is 0. The zero-order chi connectivity index (χ0) is 23.4. The van der Waals surface area contributed by atoms with Gasteiger partial charge in [-0.3, -0.25) is 0 Å². The molecule has 2 aliphatic rings. The van der Waals surface area contributed by atoms with Crippen molar-refractivity contribution in [3.63, 3.8) is 0 Å². The van der Waals surface area contributed by atoms with Crippen LogP contribution in [0, 0.1) is 17.5 Å². The van der Waals surface area contributed by atoms with Crippen molar-refractivity contribution in [2.45, 2.75) is 82.0 Å². The van der Waals surface area contributed by atoms with Gasteiger partial charge in [0.1, 0.15) is 0 Å². The summed E-state index contributed by atoms with van der Waals surface area (Å²) in [7, 11) is 3.14. The van der Waals surface area contributed by atoms with Gasteiger partial charge in [0.05, 0.1) is 25.9 Å². The van der Waals surface area contributed by atoms with E-state index >= 15 is 4.39 Å². The smallest absolute Gasteiger partial charge is 0.165 e. The maximum absolute atomic E-state index is 15.0. The van der Waals surface area contributed by atoms with Crippen LogP contribution in [0.4, 0.5) is 13.2 Å². The van der Waals surface area contributed by atoms with Gasteiger partial charge in [-0.05, 0) is 92.0 Å². The Morgan fingerprint density at radius 1 is 0.727 bits per heavy atom. The lowest BCUT2D eigenvalue weighted by molar-refractivity contribution is 0.0130. The molecule has 180 valence electrons. The van der Waals surface area contributed by atoms with Gasteiger partial charge in [-0.15, -0.1) is 0 Å². The fraction of sp³-hybridized carbons (Fsp3) is 0.556. The van der Waals surface area contributed by atoms with Gasteiger partial charge in [-0.1, -0.05) is 18.2 Å². The lowest BCUT2D eigenvalue weighted by Crippen LogP contribution is -2.22. The number of methoxy groups -OCH3 is 2. The molecule has 0 heterocycles. The fourth-order valence-electron chi connectivity index (χ4n) is 5.37. The van der Waals surface area contributed by atoms with Crippen molar-refractivity contribution in [3.8, 4) is 5.75 Å². The third kappa shape index (κ3) is 5.55. The molecule has 0 aliphatic heterocycles. The Balaban J connectivity index is 1.32. The van der Waals surface area contributed by atoms with Crippen LogP contribution in [0.15, 0.2) is 30.3 Å². The lowest BCUT2D eigenvalue weighted by Gasteiger charge is -2.30. The molecule has 0 bridgehead atoms. The topological polar surface area (TPSA) is 27.7 Å². The van der Waals surface area contributed by atoms with Crippen molar-refractivity contribution >= 4 is 0 Å². The van der Waals surface area contributed by atoms with Crippen molar-refractivity contribution in [2.24, 2.45) is 0 Å². The second-order valence-corrected chi connectivity index (χ2v) is 9.33. The summed E-state index contributed by atoms with van der Waals surface area (Å²) in [6.45, 7) is 0.319. The maximum Gasteiger partial charge on any atom is 0.165 e. The molecule has 0 spiro atoms.